The first kappa shape index (κ1) is 18.2. The van der Waals surface area contributed by atoms with Gasteiger partial charge in [-0.3, -0.25) is 9.52 Å². The summed E-state index contributed by atoms with van der Waals surface area (Å²) in [6.45, 7) is 0.557. The summed E-state index contributed by atoms with van der Waals surface area (Å²) in [7, 11) is -3.37. The molecule has 1 aromatic carbocycles. The molecule has 8 nitrogen and oxygen atoms in total. The minimum Gasteiger partial charge on any atom is -0.361 e. The van der Waals surface area contributed by atoms with E-state index in [1.807, 2.05) is 0 Å². The third-order valence-electron chi connectivity index (χ3n) is 4.51. The molecular weight excluding hydrogens is 354 g/mol. The van der Waals surface area contributed by atoms with Gasteiger partial charge in [0.1, 0.15) is 6.04 Å². The molecule has 1 saturated heterocycles. The van der Waals surface area contributed by atoms with Crippen molar-refractivity contribution >= 4 is 32.5 Å². The zero-order valence-corrected chi connectivity index (χ0v) is 15.2. The van der Waals surface area contributed by atoms with Crippen LogP contribution in [0.1, 0.15) is 18.4 Å². The number of benzene rings is 1. The number of nitrogens with zero attached hydrogens (tertiary/aromatic N) is 2. The fraction of sp³-hybridized carbons (Fsp3) is 0.412. The number of hydrogen-bond donors (Lipinski definition) is 3. The lowest BCUT2D eigenvalue weighted by molar-refractivity contribution is -0.132. The van der Waals surface area contributed by atoms with Crippen molar-refractivity contribution in [2.24, 2.45) is 5.73 Å². The molecule has 26 heavy (non-hydrogen) atoms. The molecular formula is C17H21N5O3S. The van der Waals surface area contributed by atoms with Crippen LogP contribution in [0.25, 0.3) is 10.9 Å². The van der Waals surface area contributed by atoms with Crippen molar-refractivity contribution in [3.05, 3.63) is 30.0 Å². The van der Waals surface area contributed by atoms with Gasteiger partial charge in [0.2, 0.25) is 15.9 Å². The molecule has 4 N–H and O–H groups in total. The van der Waals surface area contributed by atoms with Crippen molar-refractivity contribution in [2.75, 3.05) is 17.5 Å². The van der Waals surface area contributed by atoms with Crippen molar-refractivity contribution < 1.29 is 13.2 Å². The monoisotopic (exact) mass is 375 g/mol. The van der Waals surface area contributed by atoms with Gasteiger partial charge in [-0.1, -0.05) is 0 Å². The number of fused-ring (bicyclic) bond motifs is 1. The molecule has 3 rings (SSSR count). The third-order valence-corrected chi connectivity index (χ3v) is 5.12. The minimum atomic E-state index is -3.37. The SMILES string of the molecule is CS(=O)(=O)Nc1ccc2[nH]cc(CC(N)C(=O)N3CCC[C@H]3C#N)c2c1. The lowest BCUT2D eigenvalue weighted by Gasteiger charge is -2.23. The summed E-state index contributed by atoms with van der Waals surface area (Å²) in [6, 6.07) is 6.14. The number of sulfonamides is 1. The Kier molecular flexibility index (Phi) is 4.89. The number of rotatable bonds is 5. The molecule has 2 heterocycles. The Hall–Kier alpha value is -2.57. The highest BCUT2D eigenvalue weighted by Gasteiger charge is 2.31. The van der Waals surface area contributed by atoms with E-state index >= 15 is 0 Å². The van der Waals surface area contributed by atoms with Gasteiger partial charge in [0.15, 0.2) is 0 Å². The van der Waals surface area contributed by atoms with Gasteiger partial charge in [0, 0.05) is 29.3 Å². The molecule has 2 atom stereocenters. The van der Waals surface area contributed by atoms with Gasteiger partial charge in [-0.2, -0.15) is 5.26 Å². The molecule has 1 aromatic heterocycles. The van der Waals surface area contributed by atoms with E-state index in [-0.39, 0.29) is 5.91 Å². The van der Waals surface area contributed by atoms with Crippen LogP contribution in [0.15, 0.2) is 24.4 Å². The number of anilines is 1. The number of aromatic amines is 1. The predicted octanol–water partition coefficient (Wildman–Crippen LogP) is 0.924. The Morgan fingerprint density at radius 3 is 3.00 bits per heavy atom. The maximum Gasteiger partial charge on any atom is 0.240 e. The van der Waals surface area contributed by atoms with Crippen molar-refractivity contribution in [3.63, 3.8) is 0 Å². The van der Waals surface area contributed by atoms with E-state index < -0.39 is 22.1 Å². The van der Waals surface area contributed by atoms with Gasteiger partial charge in [-0.25, -0.2) is 8.42 Å². The van der Waals surface area contributed by atoms with Crippen LogP contribution in [0.5, 0.6) is 0 Å². The van der Waals surface area contributed by atoms with Crippen molar-refractivity contribution in [1.29, 1.82) is 5.26 Å². The van der Waals surface area contributed by atoms with Gasteiger partial charge < -0.3 is 15.6 Å². The van der Waals surface area contributed by atoms with Crippen LogP contribution in [0.2, 0.25) is 0 Å². The van der Waals surface area contributed by atoms with Crippen molar-refractivity contribution in [3.8, 4) is 6.07 Å². The Balaban J connectivity index is 1.81. The van der Waals surface area contributed by atoms with E-state index in [1.165, 1.54) is 0 Å². The van der Waals surface area contributed by atoms with E-state index in [9.17, 15) is 13.2 Å². The number of carbonyl (C=O) groups is 1. The molecule has 0 radical (unpaired) electrons. The number of nitrogens with one attached hydrogen (secondary N) is 2. The number of nitrogens with two attached hydrogens (primary N) is 1. The smallest absolute Gasteiger partial charge is 0.240 e. The van der Waals surface area contributed by atoms with Crippen LogP contribution in [0.3, 0.4) is 0 Å². The quantitative estimate of drug-likeness (QED) is 0.715. The molecule has 1 aliphatic heterocycles. The molecule has 1 unspecified atom stereocenters. The molecule has 1 amide bonds. The van der Waals surface area contributed by atoms with E-state index in [0.29, 0.717) is 25.1 Å². The van der Waals surface area contributed by atoms with Crippen LogP contribution in [0.4, 0.5) is 5.69 Å². The second-order valence-corrected chi connectivity index (χ2v) is 8.33. The average Bonchev–Trinajstić information content (AvgIpc) is 3.19. The fourth-order valence-corrected chi connectivity index (χ4v) is 3.88. The number of H-pyrrole nitrogens is 1. The van der Waals surface area contributed by atoms with Crippen molar-refractivity contribution in [2.45, 2.75) is 31.3 Å². The Labute approximate surface area is 152 Å². The van der Waals surface area contributed by atoms with Crippen LogP contribution in [0, 0.1) is 11.3 Å². The van der Waals surface area contributed by atoms with E-state index in [2.05, 4.69) is 15.8 Å². The largest absolute Gasteiger partial charge is 0.361 e. The van der Waals surface area contributed by atoms with Gasteiger partial charge in [-0.05, 0) is 43.0 Å². The summed E-state index contributed by atoms with van der Waals surface area (Å²) in [5.74, 6) is -0.228. The summed E-state index contributed by atoms with van der Waals surface area (Å²) in [5, 5.41) is 9.95. The topological polar surface area (TPSA) is 132 Å². The second kappa shape index (κ2) is 6.97. The van der Waals surface area contributed by atoms with Crippen molar-refractivity contribution in [1.82, 2.24) is 9.88 Å². The third kappa shape index (κ3) is 3.81. The highest BCUT2D eigenvalue weighted by Crippen LogP contribution is 2.25. The van der Waals surface area contributed by atoms with Crippen LogP contribution in [-0.4, -0.2) is 49.1 Å². The number of aromatic nitrogens is 1. The summed E-state index contributed by atoms with van der Waals surface area (Å²) in [5.41, 5.74) is 8.21. The highest BCUT2D eigenvalue weighted by molar-refractivity contribution is 7.92. The molecule has 138 valence electrons. The molecule has 2 aromatic rings. The molecule has 1 aliphatic rings. The zero-order valence-electron chi connectivity index (χ0n) is 14.4. The first-order valence-corrected chi connectivity index (χ1v) is 10.2. The fourth-order valence-electron chi connectivity index (χ4n) is 3.33. The Bertz CT molecular complexity index is 976. The van der Waals surface area contributed by atoms with Crippen LogP contribution in [-0.2, 0) is 21.2 Å². The number of hydrogen-bond acceptors (Lipinski definition) is 5. The maximum absolute atomic E-state index is 12.6. The summed E-state index contributed by atoms with van der Waals surface area (Å²) in [4.78, 5) is 17.2. The minimum absolute atomic E-state index is 0.228. The molecule has 0 aliphatic carbocycles. The highest BCUT2D eigenvalue weighted by atomic mass is 32.2. The lowest BCUT2D eigenvalue weighted by Crippen LogP contribution is -2.46. The Morgan fingerprint density at radius 2 is 2.31 bits per heavy atom. The normalized spacial score (nSPS) is 18.7. The first-order valence-electron chi connectivity index (χ1n) is 8.32. The molecule has 0 saturated carbocycles. The van der Waals surface area contributed by atoms with Crippen LogP contribution >= 0.6 is 0 Å². The van der Waals surface area contributed by atoms with E-state index in [0.717, 1.165) is 29.1 Å². The molecule has 0 spiro atoms. The number of amides is 1. The molecule has 9 heteroatoms. The van der Waals surface area contributed by atoms with Gasteiger partial charge in [0.25, 0.3) is 0 Å². The molecule has 1 fully saturated rings. The van der Waals surface area contributed by atoms with E-state index in [1.54, 1.807) is 29.3 Å². The van der Waals surface area contributed by atoms with E-state index in [4.69, 9.17) is 11.0 Å². The molecule has 0 bridgehead atoms. The van der Waals surface area contributed by atoms with Gasteiger partial charge in [-0.15, -0.1) is 0 Å². The lowest BCUT2D eigenvalue weighted by atomic mass is 10.0. The zero-order chi connectivity index (χ0) is 18.9. The average molecular weight is 375 g/mol. The second-order valence-electron chi connectivity index (χ2n) is 6.58. The number of nitriles is 1. The summed E-state index contributed by atoms with van der Waals surface area (Å²) in [6.07, 6.45) is 4.65. The summed E-state index contributed by atoms with van der Waals surface area (Å²) < 4.78 is 25.3. The maximum atomic E-state index is 12.6. The number of carbonyl (C=O) groups excluding carboxylic acids is 1. The summed E-state index contributed by atoms with van der Waals surface area (Å²) >= 11 is 0. The first-order chi connectivity index (χ1) is 12.3. The van der Waals surface area contributed by atoms with Crippen LogP contribution < -0.4 is 10.5 Å². The Morgan fingerprint density at radius 1 is 1.54 bits per heavy atom. The van der Waals surface area contributed by atoms with Gasteiger partial charge >= 0.3 is 0 Å². The number of likely N-dealkylation sites (tertiary alicyclic amines) is 1. The standard InChI is InChI=1S/C17H21N5O3S/c1-26(24,25)21-12-4-5-16-14(8-12)11(10-20-16)7-15(19)17(23)22-6-2-3-13(22)9-18/h4-5,8,10,13,15,20-21H,2-3,6-7,19H2,1H3/t13-,15?/m0/s1. The van der Waals surface area contributed by atoms with Gasteiger partial charge in [0.05, 0.1) is 18.4 Å². The predicted molar refractivity (Wildman–Crippen MR) is 98.8 cm³/mol.